The van der Waals surface area contributed by atoms with Crippen molar-refractivity contribution in [2.75, 3.05) is 5.32 Å². The standard InChI is InChI=1S/C18H22N4O2/c23-15(19-17-20-16(21-22-17)14-2-1-3-24-14)10-18-7-11-4-12(8-18)6-13(5-11)9-18/h1-3,11-13H,4-10H2,(H2,19,20,21,22,23). The van der Waals surface area contributed by atoms with Crippen LogP contribution in [0.1, 0.15) is 44.9 Å². The average Bonchev–Trinajstić information content (AvgIpc) is 3.15. The largest absolute Gasteiger partial charge is 0.461 e. The summed E-state index contributed by atoms with van der Waals surface area (Å²) in [5.74, 6) is 4.10. The Labute approximate surface area is 140 Å². The number of amides is 1. The third kappa shape index (κ3) is 2.44. The Morgan fingerprint density at radius 2 is 1.96 bits per heavy atom. The maximum atomic E-state index is 12.6. The number of hydrogen-bond donors (Lipinski definition) is 2. The molecule has 0 spiro atoms. The van der Waals surface area contributed by atoms with E-state index < -0.39 is 0 Å². The summed E-state index contributed by atoms with van der Waals surface area (Å²) in [5.41, 5.74) is 0.235. The Morgan fingerprint density at radius 1 is 1.25 bits per heavy atom. The second-order valence-electron chi connectivity index (χ2n) is 8.13. The smallest absolute Gasteiger partial charge is 0.249 e. The van der Waals surface area contributed by atoms with Crippen molar-refractivity contribution in [2.24, 2.45) is 23.2 Å². The van der Waals surface area contributed by atoms with Crippen molar-refractivity contribution in [3.05, 3.63) is 18.4 Å². The number of carbonyl (C=O) groups excluding carboxylic acids is 1. The number of hydrogen-bond acceptors (Lipinski definition) is 4. The quantitative estimate of drug-likeness (QED) is 0.899. The molecule has 0 radical (unpaired) electrons. The third-order valence-corrected chi connectivity index (χ3v) is 6.19. The Morgan fingerprint density at radius 3 is 2.58 bits per heavy atom. The first-order valence-electron chi connectivity index (χ1n) is 8.94. The van der Waals surface area contributed by atoms with Crippen molar-refractivity contribution < 1.29 is 9.21 Å². The summed E-state index contributed by atoms with van der Waals surface area (Å²) in [6.45, 7) is 0. The highest BCUT2D eigenvalue weighted by Crippen LogP contribution is 2.61. The second kappa shape index (κ2) is 5.19. The number of H-pyrrole nitrogens is 1. The molecule has 2 N–H and O–H groups in total. The van der Waals surface area contributed by atoms with Crippen LogP contribution in [0.15, 0.2) is 22.8 Å². The molecule has 1 amide bonds. The molecule has 2 aromatic rings. The van der Waals surface area contributed by atoms with Crippen LogP contribution in [0, 0.1) is 23.2 Å². The van der Waals surface area contributed by atoms with Crippen LogP contribution in [0.4, 0.5) is 5.95 Å². The molecule has 0 aliphatic heterocycles. The summed E-state index contributed by atoms with van der Waals surface area (Å²) in [6.07, 6.45) is 10.1. The lowest BCUT2D eigenvalue weighted by atomic mass is 9.49. The molecule has 0 aromatic carbocycles. The molecule has 2 aromatic heterocycles. The highest BCUT2D eigenvalue weighted by molar-refractivity contribution is 5.89. The molecule has 4 aliphatic carbocycles. The number of aromatic nitrogens is 3. The van der Waals surface area contributed by atoms with E-state index in [-0.39, 0.29) is 11.3 Å². The number of rotatable bonds is 4. The first-order valence-corrected chi connectivity index (χ1v) is 8.94. The van der Waals surface area contributed by atoms with Crippen LogP contribution in [0.3, 0.4) is 0 Å². The zero-order chi connectivity index (χ0) is 16.1. The van der Waals surface area contributed by atoms with Crippen LogP contribution >= 0.6 is 0 Å². The SMILES string of the molecule is O=C(CC12CC3CC(CC(C3)C1)C2)Nc1n[nH]c(-c2ccco2)n1. The molecule has 6 rings (SSSR count). The summed E-state index contributed by atoms with van der Waals surface area (Å²) in [4.78, 5) is 16.9. The maximum absolute atomic E-state index is 12.6. The minimum absolute atomic E-state index is 0.0435. The molecule has 6 nitrogen and oxygen atoms in total. The molecule has 126 valence electrons. The monoisotopic (exact) mass is 326 g/mol. The van der Waals surface area contributed by atoms with Crippen LogP contribution in [-0.2, 0) is 4.79 Å². The Bertz CT molecular complexity index is 714. The highest BCUT2D eigenvalue weighted by Gasteiger charge is 2.51. The molecule has 4 bridgehead atoms. The van der Waals surface area contributed by atoms with E-state index in [4.69, 9.17) is 4.42 Å². The highest BCUT2D eigenvalue weighted by atomic mass is 16.3. The van der Waals surface area contributed by atoms with Crippen molar-refractivity contribution in [3.8, 4) is 11.6 Å². The fourth-order valence-electron chi connectivity index (χ4n) is 5.86. The van der Waals surface area contributed by atoms with Gasteiger partial charge in [-0.1, -0.05) is 0 Å². The Hall–Kier alpha value is -2.11. The molecular weight excluding hydrogens is 304 g/mol. The maximum Gasteiger partial charge on any atom is 0.249 e. The molecule has 6 heteroatoms. The first-order chi connectivity index (χ1) is 11.7. The molecular formula is C18H22N4O2. The van der Waals surface area contributed by atoms with E-state index in [0.29, 0.717) is 24.0 Å². The second-order valence-corrected chi connectivity index (χ2v) is 8.13. The van der Waals surface area contributed by atoms with Gasteiger partial charge in [0.15, 0.2) is 11.6 Å². The Balaban J connectivity index is 1.26. The van der Waals surface area contributed by atoms with Gasteiger partial charge in [-0.3, -0.25) is 15.2 Å². The van der Waals surface area contributed by atoms with E-state index >= 15 is 0 Å². The van der Waals surface area contributed by atoms with Crippen LogP contribution in [-0.4, -0.2) is 21.1 Å². The van der Waals surface area contributed by atoms with Gasteiger partial charge in [-0.25, -0.2) is 0 Å². The molecule has 0 saturated heterocycles. The van der Waals surface area contributed by atoms with Crippen LogP contribution in [0.5, 0.6) is 0 Å². The van der Waals surface area contributed by atoms with Crippen LogP contribution in [0.2, 0.25) is 0 Å². The molecule has 0 atom stereocenters. The van der Waals surface area contributed by atoms with Crippen molar-refractivity contribution in [2.45, 2.75) is 44.9 Å². The minimum Gasteiger partial charge on any atom is -0.461 e. The predicted molar refractivity (Wildman–Crippen MR) is 87.9 cm³/mol. The van der Waals surface area contributed by atoms with Crippen molar-refractivity contribution >= 4 is 11.9 Å². The summed E-state index contributed by atoms with van der Waals surface area (Å²) in [6, 6.07) is 3.60. The normalized spacial score (nSPS) is 33.8. The lowest BCUT2D eigenvalue weighted by Gasteiger charge is -2.56. The molecule has 24 heavy (non-hydrogen) atoms. The van der Waals surface area contributed by atoms with Crippen molar-refractivity contribution in [1.82, 2.24) is 15.2 Å². The Kier molecular flexibility index (Phi) is 3.08. The van der Waals surface area contributed by atoms with E-state index in [2.05, 4.69) is 20.5 Å². The van der Waals surface area contributed by atoms with E-state index in [1.54, 1.807) is 12.3 Å². The average molecular weight is 326 g/mol. The summed E-state index contributed by atoms with van der Waals surface area (Å²) < 4.78 is 5.28. The fraction of sp³-hybridized carbons (Fsp3) is 0.611. The molecule has 0 unspecified atom stereocenters. The number of nitrogens with zero attached hydrogens (tertiary/aromatic N) is 2. The van der Waals surface area contributed by atoms with Gasteiger partial charge < -0.3 is 4.42 Å². The molecule has 4 saturated carbocycles. The fourth-order valence-corrected chi connectivity index (χ4v) is 5.86. The zero-order valence-corrected chi connectivity index (χ0v) is 13.6. The van der Waals surface area contributed by atoms with Gasteiger partial charge >= 0.3 is 0 Å². The molecule has 2 heterocycles. The lowest BCUT2D eigenvalue weighted by Crippen LogP contribution is -2.47. The van der Waals surface area contributed by atoms with Gasteiger partial charge in [0.25, 0.3) is 0 Å². The topological polar surface area (TPSA) is 83.8 Å². The number of anilines is 1. The van der Waals surface area contributed by atoms with E-state index in [0.717, 1.165) is 17.8 Å². The van der Waals surface area contributed by atoms with E-state index in [1.807, 2.05) is 6.07 Å². The van der Waals surface area contributed by atoms with Crippen LogP contribution < -0.4 is 5.32 Å². The van der Waals surface area contributed by atoms with E-state index in [1.165, 1.54) is 38.5 Å². The summed E-state index contributed by atoms with van der Waals surface area (Å²) in [7, 11) is 0. The first kappa shape index (κ1) is 14.3. The molecule has 4 aliphatic rings. The number of aromatic amines is 1. The zero-order valence-electron chi connectivity index (χ0n) is 13.6. The lowest BCUT2D eigenvalue weighted by molar-refractivity contribution is -0.124. The minimum atomic E-state index is 0.0435. The van der Waals surface area contributed by atoms with Crippen molar-refractivity contribution in [3.63, 3.8) is 0 Å². The number of carbonyl (C=O) groups is 1. The van der Waals surface area contributed by atoms with Gasteiger partial charge in [0.2, 0.25) is 11.9 Å². The third-order valence-electron chi connectivity index (χ3n) is 6.19. The van der Waals surface area contributed by atoms with Gasteiger partial charge in [0.1, 0.15) is 0 Å². The summed E-state index contributed by atoms with van der Waals surface area (Å²) in [5, 5.41) is 9.75. The van der Waals surface area contributed by atoms with Gasteiger partial charge in [-0.2, -0.15) is 4.98 Å². The van der Waals surface area contributed by atoms with Gasteiger partial charge in [-0.15, -0.1) is 5.10 Å². The van der Waals surface area contributed by atoms with Crippen molar-refractivity contribution in [1.29, 1.82) is 0 Å². The van der Waals surface area contributed by atoms with Gasteiger partial charge in [-0.05, 0) is 73.8 Å². The predicted octanol–water partition coefficient (Wildman–Crippen LogP) is 3.61. The van der Waals surface area contributed by atoms with Gasteiger partial charge in [0, 0.05) is 6.42 Å². The molecule has 4 fully saturated rings. The van der Waals surface area contributed by atoms with Crippen LogP contribution in [0.25, 0.3) is 11.6 Å². The summed E-state index contributed by atoms with van der Waals surface area (Å²) >= 11 is 0. The van der Waals surface area contributed by atoms with Gasteiger partial charge in [0.05, 0.1) is 6.26 Å². The number of furan rings is 1. The van der Waals surface area contributed by atoms with E-state index in [9.17, 15) is 4.79 Å². The number of nitrogens with one attached hydrogen (secondary N) is 2.